The van der Waals surface area contributed by atoms with E-state index in [9.17, 15) is 4.79 Å². The average molecular weight is 216 g/mol. The van der Waals surface area contributed by atoms with E-state index < -0.39 is 6.03 Å². The smallest absolute Gasteiger partial charge is 0.314 e. The number of primary amides is 1. The number of rotatable bonds is 5. The molecule has 1 saturated heterocycles. The summed E-state index contributed by atoms with van der Waals surface area (Å²) in [5.74, 6) is 0. The number of ether oxygens (including phenoxy) is 1. The first-order chi connectivity index (χ1) is 7.24. The van der Waals surface area contributed by atoms with Crippen LogP contribution < -0.4 is 11.5 Å². The molecule has 0 spiro atoms. The van der Waals surface area contributed by atoms with Crippen molar-refractivity contribution in [3.63, 3.8) is 0 Å². The van der Waals surface area contributed by atoms with E-state index >= 15 is 0 Å². The van der Waals surface area contributed by atoms with Gasteiger partial charge in [-0.05, 0) is 0 Å². The highest BCUT2D eigenvalue weighted by Crippen LogP contribution is 1.97. The standard InChI is InChI=1S/C9H20N4O2/c10-1-2-13(9(11)14)4-3-12-5-7-15-8-6-12/h1-8,10H2,(H2,11,14). The minimum absolute atomic E-state index is 0.395. The van der Waals surface area contributed by atoms with Crippen LogP contribution in [0.4, 0.5) is 4.79 Å². The predicted octanol–water partition coefficient (Wildman–Crippen LogP) is -1.34. The van der Waals surface area contributed by atoms with Gasteiger partial charge >= 0.3 is 6.03 Å². The highest BCUT2D eigenvalue weighted by atomic mass is 16.5. The maximum Gasteiger partial charge on any atom is 0.314 e. The molecule has 0 bridgehead atoms. The van der Waals surface area contributed by atoms with Gasteiger partial charge in [-0.15, -0.1) is 0 Å². The molecule has 88 valence electrons. The van der Waals surface area contributed by atoms with Crippen LogP contribution in [0, 0.1) is 0 Å². The van der Waals surface area contributed by atoms with Crippen molar-refractivity contribution in [1.82, 2.24) is 9.80 Å². The maximum absolute atomic E-state index is 11.0. The van der Waals surface area contributed by atoms with Crippen LogP contribution in [0.15, 0.2) is 0 Å². The second-order valence-corrected chi connectivity index (χ2v) is 3.57. The summed E-state index contributed by atoms with van der Waals surface area (Å²) in [6.45, 7) is 5.86. The van der Waals surface area contributed by atoms with Crippen molar-refractivity contribution in [3.8, 4) is 0 Å². The third kappa shape index (κ3) is 4.46. The van der Waals surface area contributed by atoms with Gasteiger partial charge in [-0.25, -0.2) is 4.79 Å². The third-order valence-electron chi connectivity index (χ3n) is 2.50. The van der Waals surface area contributed by atoms with Crippen LogP contribution >= 0.6 is 0 Å². The molecule has 1 heterocycles. The molecule has 4 N–H and O–H groups in total. The molecule has 0 unspecified atom stereocenters. The summed E-state index contributed by atoms with van der Waals surface area (Å²) in [4.78, 5) is 14.9. The summed E-state index contributed by atoms with van der Waals surface area (Å²) in [5.41, 5.74) is 10.6. The predicted molar refractivity (Wildman–Crippen MR) is 57.5 cm³/mol. The SMILES string of the molecule is NCCN(CCN1CCOCC1)C(N)=O. The molecule has 1 aliphatic heterocycles. The fraction of sp³-hybridized carbons (Fsp3) is 0.889. The van der Waals surface area contributed by atoms with Crippen molar-refractivity contribution >= 4 is 6.03 Å². The highest BCUT2D eigenvalue weighted by Gasteiger charge is 2.13. The molecule has 6 heteroatoms. The van der Waals surface area contributed by atoms with E-state index in [2.05, 4.69) is 4.90 Å². The molecule has 1 fully saturated rings. The van der Waals surface area contributed by atoms with E-state index in [0.717, 1.165) is 32.8 Å². The molecule has 0 radical (unpaired) electrons. The largest absolute Gasteiger partial charge is 0.379 e. The molecule has 0 atom stereocenters. The topological polar surface area (TPSA) is 84.8 Å². The fourth-order valence-corrected chi connectivity index (χ4v) is 1.57. The number of hydrogen-bond acceptors (Lipinski definition) is 4. The molecule has 15 heavy (non-hydrogen) atoms. The molecule has 0 aromatic rings. The molecule has 1 aliphatic rings. The second kappa shape index (κ2) is 6.60. The lowest BCUT2D eigenvalue weighted by Crippen LogP contribution is -2.46. The monoisotopic (exact) mass is 216 g/mol. The zero-order chi connectivity index (χ0) is 11.1. The van der Waals surface area contributed by atoms with Gasteiger partial charge in [-0.3, -0.25) is 4.90 Å². The summed E-state index contributed by atoms with van der Waals surface area (Å²) in [7, 11) is 0. The van der Waals surface area contributed by atoms with Gasteiger partial charge in [0.15, 0.2) is 0 Å². The average Bonchev–Trinajstić information content (AvgIpc) is 2.25. The van der Waals surface area contributed by atoms with Gasteiger partial charge in [0.2, 0.25) is 0 Å². The Balaban J connectivity index is 2.22. The van der Waals surface area contributed by atoms with Crippen LogP contribution in [0.25, 0.3) is 0 Å². The van der Waals surface area contributed by atoms with Crippen LogP contribution in [-0.4, -0.2) is 68.3 Å². The summed E-state index contributed by atoms with van der Waals surface area (Å²) in [6.07, 6.45) is 0. The molecular formula is C9H20N4O2. The fourth-order valence-electron chi connectivity index (χ4n) is 1.57. The first kappa shape index (κ1) is 12.2. The van der Waals surface area contributed by atoms with E-state index in [-0.39, 0.29) is 0 Å². The van der Waals surface area contributed by atoms with Crippen LogP contribution in [0.2, 0.25) is 0 Å². The van der Waals surface area contributed by atoms with Crippen LogP contribution in [-0.2, 0) is 4.74 Å². The summed E-state index contributed by atoms with van der Waals surface area (Å²) < 4.78 is 5.23. The van der Waals surface area contributed by atoms with Crippen LogP contribution in [0.5, 0.6) is 0 Å². The molecule has 0 saturated carbocycles. The van der Waals surface area contributed by atoms with E-state index in [0.29, 0.717) is 19.6 Å². The lowest BCUT2D eigenvalue weighted by Gasteiger charge is -2.29. The highest BCUT2D eigenvalue weighted by molar-refractivity contribution is 5.71. The number of carbonyl (C=O) groups is 1. The van der Waals surface area contributed by atoms with Crippen molar-refractivity contribution in [1.29, 1.82) is 0 Å². The number of nitrogens with two attached hydrogens (primary N) is 2. The minimum atomic E-state index is -0.395. The number of urea groups is 1. The zero-order valence-electron chi connectivity index (χ0n) is 9.02. The van der Waals surface area contributed by atoms with E-state index in [1.807, 2.05) is 0 Å². The number of nitrogens with zero attached hydrogens (tertiary/aromatic N) is 2. The molecule has 6 nitrogen and oxygen atoms in total. The summed E-state index contributed by atoms with van der Waals surface area (Å²) in [5, 5.41) is 0. The molecule has 2 amide bonds. The van der Waals surface area contributed by atoms with E-state index in [1.54, 1.807) is 4.90 Å². The Morgan fingerprint density at radius 1 is 1.33 bits per heavy atom. The van der Waals surface area contributed by atoms with Crippen LogP contribution in [0.3, 0.4) is 0 Å². The lowest BCUT2D eigenvalue weighted by atomic mass is 10.4. The number of carbonyl (C=O) groups excluding carboxylic acids is 1. The first-order valence-electron chi connectivity index (χ1n) is 5.28. The summed E-state index contributed by atoms with van der Waals surface area (Å²) >= 11 is 0. The van der Waals surface area contributed by atoms with Gasteiger partial charge in [-0.2, -0.15) is 0 Å². The number of hydrogen-bond donors (Lipinski definition) is 2. The van der Waals surface area contributed by atoms with Crippen molar-refractivity contribution in [2.45, 2.75) is 0 Å². The van der Waals surface area contributed by atoms with Gasteiger partial charge < -0.3 is 21.1 Å². The summed E-state index contributed by atoms with van der Waals surface area (Å²) in [6, 6.07) is -0.395. The van der Waals surface area contributed by atoms with Gasteiger partial charge in [0.05, 0.1) is 13.2 Å². The minimum Gasteiger partial charge on any atom is -0.379 e. The Morgan fingerprint density at radius 3 is 2.53 bits per heavy atom. The van der Waals surface area contributed by atoms with E-state index in [1.165, 1.54) is 0 Å². The Hall–Kier alpha value is -0.850. The van der Waals surface area contributed by atoms with Gasteiger partial charge in [0.25, 0.3) is 0 Å². The van der Waals surface area contributed by atoms with Crippen molar-refractivity contribution in [2.24, 2.45) is 11.5 Å². The van der Waals surface area contributed by atoms with Crippen molar-refractivity contribution in [2.75, 3.05) is 52.5 Å². The zero-order valence-corrected chi connectivity index (χ0v) is 9.02. The quantitative estimate of drug-likeness (QED) is 0.595. The third-order valence-corrected chi connectivity index (χ3v) is 2.50. The number of morpholine rings is 1. The van der Waals surface area contributed by atoms with Crippen molar-refractivity contribution < 1.29 is 9.53 Å². The number of amides is 2. The maximum atomic E-state index is 11.0. The van der Waals surface area contributed by atoms with Gasteiger partial charge in [0.1, 0.15) is 0 Å². The van der Waals surface area contributed by atoms with Gasteiger partial charge in [-0.1, -0.05) is 0 Å². The van der Waals surface area contributed by atoms with E-state index in [4.69, 9.17) is 16.2 Å². The molecule has 0 aliphatic carbocycles. The Morgan fingerprint density at radius 2 is 2.00 bits per heavy atom. The van der Waals surface area contributed by atoms with Crippen molar-refractivity contribution in [3.05, 3.63) is 0 Å². The second-order valence-electron chi connectivity index (χ2n) is 3.57. The molecular weight excluding hydrogens is 196 g/mol. The Kier molecular flexibility index (Phi) is 5.38. The van der Waals surface area contributed by atoms with Gasteiger partial charge in [0, 0.05) is 39.3 Å². The normalized spacial score (nSPS) is 17.7. The lowest BCUT2D eigenvalue weighted by molar-refractivity contribution is 0.0352. The Labute approximate surface area is 90.1 Å². The van der Waals surface area contributed by atoms with Crippen LogP contribution in [0.1, 0.15) is 0 Å². The molecule has 0 aromatic heterocycles. The first-order valence-corrected chi connectivity index (χ1v) is 5.28. The molecule has 0 aromatic carbocycles. The molecule has 1 rings (SSSR count). The Bertz CT molecular complexity index is 195.